The Morgan fingerprint density at radius 2 is 2.00 bits per heavy atom. The maximum atomic E-state index is 11.7. The van der Waals surface area contributed by atoms with E-state index in [-0.39, 0.29) is 11.8 Å². The predicted octanol–water partition coefficient (Wildman–Crippen LogP) is 0.790. The normalized spacial score (nSPS) is 20.7. The van der Waals surface area contributed by atoms with E-state index in [1.807, 2.05) is 6.07 Å². The first-order chi connectivity index (χ1) is 7.16. The molecular formula is C10H14N2O2S. The molecule has 0 aliphatic carbocycles. The lowest BCUT2D eigenvalue weighted by atomic mass is 10.1. The van der Waals surface area contributed by atoms with Crippen molar-refractivity contribution in [2.24, 2.45) is 0 Å². The van der Waals surface area contributed by atoms with Gasteiger partial charge >= 0.3 is 0 Å². The summed E-state index contributed by atoms with van der Waals surface area (Å²) in [6.45, 7) is 0.922. The zero-order chi connectivity index (χ0) is 10.7. The highest BCUT2D eigenvalue weighted by atomic mass is 32.2. The number of para-hydroxylation sites is 1. The van der Waals surface area contributed by atoms with Crippen LogP contribution in [-0.2, 0) is 10.0 Å². The second kappa shape index (κ2) is 4.20. The third-order valence-corrected chi connectivity index (χ3v) is 3.78. The van der Waals surface area contributed by atoms with E-state index in [1.165, 1.54) is 0 Å². The molecule has 4 nitrogen and oxygen atoms in total. The van der Waals surface area contributed by atoms with Gasteiger partial charge in [0.15, 0.2) is 0 Å². The van der Waals surface area contributed by atoms with E-state index in [0.717, 1.165) is 13.0 Å². The van der Waals surface area contributed by atoms with Gasteiger partial charge in [0.25, 0.3) is 0 Å². The molecule has 1 heterocycles. The van der Waals surface area contributed by atoms with Crippen molar-refractivity contribution < 1.29 is 8.42 Å². The van der Waals surface area contributed by atoms with Crippen LogP contribution in [0.1, 0.15) is 6.42 Å². The van der Waals surface area contributed by atoms with Gasteiger partial charge in [0, 0.05) is 11.7 Å². The van der Waals surface area contributed by atoms with E-state index < -0.39 is 10.0 Å². The molecule has 0 bridgehead atoms. The van der Waals surface area contributed by atoms with Crippen LogP contribution in [0.15, 0.2) is 30.3 Å². The SMILES string of the molecule is O=S(=O)(CC1CCN1)Nc1ccccc1. The molecular weight excluding hydrogens is 212 g/mol. The Hall–Kier alpha value is -1.07. The van der Waals surface area contributed by atoms with Gasteiger partial charge in [-0.1, -0.05) is 18.2 Å². The van der Waals surface area contributed by atoms with E-state index in [0.29, 0.717) is 5.69 Å². The Balaban J connectivity index is 1.98. The summed E-state index contributed by atoms with van der Waals surface area (Å²) in [5, 5.41) is 3.07. The van der Waals surface area contributed by atoms with E-state index >= 15 is 0 Å². The van der Waals surface area contributed by atoms with E-state index in [9.17, 15) is 8.42 Å². The summed E-state index contributed by atoms with van der Waals surface area (Å²) < 4.78 is 25.9. The zero-order valence-electron chi connectivity index (χ0n) is 8.31. The topological polar surface area (TPSA) is 58.2 Å². The first-order valence-corrected chi connectivity index (χ1v) is 6.60. The standard InChI is InChI=1S/C10H14N2O2S/c13-15(14,8-10-6-7-11-10)12-9-4-2-1-3-5-9/h1-5,10-12H,6-8H2. The van der Waals surface area contributed by atoms with Crippen molar-refractivity contribution in [3.05, 3.63) is 30.3 Å². The molecule has 0 aromatic heterocycles. The fourth-order valence-electron chi connectivity index (χ4n) is 1.48. The first kappa shape index (κ1) is 10.4. The van der Waals surface area contributed by atoms with Crippen molar-refractivity contribution in [2.75, 3.05) is 17.0 Å². The van der Waals surface area contributed by atoms with Gasteiger partial charge in [0.1, 0.15) is 0 Å². The number of hydrogen-bond acceptors (Lipinski definition) is 3. The van der Waals surface area contributed by atoms with Gasteiger partial charge in [0.05, 0.1) is 5.75 Å². The summed E-state index contributed by atoms with van der Waals surface area (Å²) in [5.41, 5.74) is 0.622. The van der Waals surface area contributed by atoms with Crippen molar-refractivity contribution in [3.63, 3.8) is 0 Å². The predicted molar refractivity (Wildman–Crippen MR) is 60.3 cm³/mol. The Kier molecular flexibility index (Phi) is 2.93. The van der Waals surface area contributed by atoms with Crippen LogP contribution in [-0.4, -0.2) is 26.8 Å². The van der Waals surface area contributed by atoms with Gasteiger partial charge in [-0.3, -0.25) is 4.72 Å². The summed E-state index contributed by atoms with van der Waals surface area (Å²) in [4.78, 5) is 0. The van der Waals surface area contributed by atoms with Crippen LogP contribution in [0.5, 0.6) is 0 Å². The minimum Gasteiger partial charge on any atom is -0.313 e. The maximum absolute atomic E-state index is 11.7. The Labute approximate surface area is 89.7 Å². The van der Waals surface area contributed by atoms with Gasteiger partial charge in [-0.25, -0.2) is 8.42 Å². The molecule has 0 amide bonds. The maximum Gasteiger partial charge on any atom is 0.234 e. The molecule has 1 atom stereocenters. The molecule has 1 aromatic carbocycles. The lowest BCUT2D eigenvalue weighted by molar-refractivity contribution is 0.399. The number of anilines is 1. The molecule has 0 saturated carbocycles. The average Bonchev–Trinajstić information content (AvgIpc) is 2.13. The fourth-order valence-corrected chi connectivity index (χ4v) is 2.88. The number of hydrogen-bond donors (Lipinski definition) is 2. The molecule has 1 aliphatic rings. The van der Waals surface area contributed by atoms with Crippen LogP contribution in [0.4, 0.5) is 5.69 Å². The summed E-state index contributed by atoms with van der Waals surface area (Å²) in [6, 6.07) is 9.06. The van der Waals surface area contributed by atoms with Crippen LogP contribution < -0.4 is 10.0 Å². The second-order valence-corrected chi connectivity index (χ2v) is 5.46. The molecule has 0 spiro atoms. The summed E-state index contributed by atoms with van der Waals surface area (Å²) in [6.07, 6.45) is 0.940. The minimum absolute atomic E-state index is 0.117. The Morgan fingerprint density at radius 1 is 1.33 bits per heavy atom. The molecule has 2 rings (SSSR count). The smallest absolute Gasteiger partial charge is 0.234 e. The number of benzene rings is 1. The molecule has 1 aliphatic heterocycles. The highest BCUT2D eigenvalue weighted by Crippen LogP contribution is 2.11. The van der Waals surface area contributed by atoms with Gasteiger partial charge < -0.3 is 5.32 Å². The lowest BCUT2D eigenvalue weighted by Gasteiger charge is -2.27. The van der Waals surface area contributed by atoms with E-state index in [4.69, 9.17) is 0 Å². The quantitative estimate of drug-likeness (QED) is 0.798. The molecule has 82 valence electrons. The van der Waals surface area contributed by atoms with Gasteiger partial charge in [-0.2, -0.15) is 0 Å². The van der Waals surface area contributed by atoms with Crippen LogP contribution >= 0.6 is 0 Å². The van der Waals surface area contributed by atoms with Crippen LogP contribution in [0.2, 0.25) is 0 Å². The Bertz CT molecular complexity index is 412. The number of nitrogens with one attached hydrogen (secondary N) is 2. The van der Waals surface area contributed by atoms with Gasteiger partial charge in [0.2, 0.25) is 10.0 Å². The monoisotopic (exact) mass is 226 g/mol. The summed E-state index contributed by atoms with van der Waals surface area (Å²) in [5.74, 6) is 0.155. The Morgan fingerprint density at radius 3 is 2.53 bits per heavy atom. The molecule has 1 unspecified atom stereocenters. The van der Waals surface area contributed by atoms with Crippen molar-refractivity contribution >= 4 is 15.7 Å². The highest BCUT2D eigenvalue weighted by Gasteiger charge is 2.23. The minimum atomic E-state index is -3.21. The van der Waals surface area contributed by atoms with E-state index in [1.54, 1.807) is 24.3 Å². The fraction of sp³-hybridized carbons (Fsp3) is 0.400. The van der Waals surface area contributed by atoms with Crippen molar-refractivity contribution in [1.29, 1.82) is 0 Å². The molecule has 1 aromatic rings. The van der Waals surface area contributed by atoms with Crippen molar-refractivity contribution in [1.82, 2.24) is 5.32 Å². The average molecular weight is 226 g/mol. The zero-order valence-corrected chi connectivity index (χ0v) is 9.13. The molecule has 15 heavy (non-hydrogen) atoms. The number of rotatable bonds is 4. The van der Waals surface area contributed by atoms with Gasteiger partial charge in [-0.05, 0) is 25.1 Å². The van der Waals surface area contributed by atoms with Crippen molar-refractivity contribution in [2.45, 2.75) is 12.5 Å². The molecule has 1 fully saturated rings. The molecule has 0 radical (unpaired) electrons. The third kappa shape index (κ3) is 2.94. The van der Waals surface area contributed by atoms with Crippen LogP contribution in [0.25, 0.3) is 0 Å². The van der Waals surface area contributed by atoms with Crippen LogP contribution in [0.3, 0.4) is 0 Å². The van der Waals surface area contributed by atoms with Crippen LogP contribution in [0, 0.1) is 0 Å². The number of sulfonamides is 1. The second-order valence-electron chi connectivity index (χ2n) is 3.69. The third-order valence-electron chi connectivity index (χ3n) is 2.39. The first-order valence-electron chi connectivity index (χ1n) is 4.95. The van der Waals surface area contributed by atoms with Crippen molar-refractivity contribution in [3.8, 4) is 0 Å². The largest absolute Gasteiger partial charge is 0.313 e. The molecule has 2 N–H and O–H groups in total. The summed E-state index contributed by atoms with van der Waals surface area (Å²) in [7, 11) is -3.21. The molecule has 1 saturated heterocycles. The van der Waals surface area contributed by atoms with Gasteiger partial charge in [-0.15, -0.1) is 0 Å². The highest BCUT2D eigenvalue weighted by molar-refractivity contribution is 7.92. The summed E-state index contributed by atoms with van der Waals surface area (Å²) >= 11 is 0. The lowest BCUT2D eigenvalue weighted by Crippen LogP contribution is -2.48. The van der Waals surface area contributed by atoms with E-state index in [2.05, 4.69) is 10.0 Å². The molecule has 5 heteroatoms.